The van der Waals surface area contributed by atoms with Crippen LogP contribution in [0.4, 0.5) is 4.39 Å². The van der Waals surface area contributed by atoms with Gasteiger partial charge in [-0.1, -0.05) is 12.1 Å². The van der Waals surface area contributed by atoms with Crippen molar-refractivity contribution in [3.05, 3.63) is 75.8 Å². The molecule has 0 fully saturated rings. The number of hydrogen-bond acceptors (Lipinski definition) is 4. The molecule has 1 atom stereocenters. The number of carbonyl (C=O) groups is 1. The first-order chi connectivity index (χ1) is 12.9. The first-order valence-corrected chi connectivity index (χ1v) is 8.29. The predicted molar refractivity (Wildman–Crippen MR) is 99.4 cm³/mol. The van der Waals surface area contributed by atoms with Crippen molar-refractivity contribution in [3.63, 3.8) is 0 Å². The lowest BCUT2D eigenvalue weighted by Gasteiger charge is -2.21. The van der Waals surface area contributed by atoms with E-state index in [1.807, 2.05) is 0 Å². The monoisotopic (exact) mass is 370 g/mol. The number of aromatic amines is 1. The number of carbonyl (C=O) groups excluding carboxylic acids is 1. The van der Waals surface area contributed by atoms with Gasteiger partial charge in [-0.2, -0.15) is 0 Å². The van der Waals surface area contributed by atoms with Crippen molar-refractivity contribution in [3.8, 4) is 5.75 Å². The van der Waals surface area contributed by atoms with E-state index in [-0.39, 0.29) is 12.1 Å². The van der Waals surface area contributed by atoms with Gasteiger partial charge in [0, 0.05) is 7.05 Å². The van der Waals surface area contributed by atoms with Crippen molar-refractivity contribution in [1.82, 2.24) is 9.88 Å². The van der Waals surface area contributed by atoms with Crippen LogP contribution in [0, 0.1) is 5.82 Å². The Balaban J connectivity index is 1.80. The number of amides is 1. The molecular formula is C20H19FN2O4. The second kappa shape index (κ2) is 7.59. The van der Waals surface area contributed by atoms with E-state index in [2.05, 4.69) is 4.98 Å². The molecule has 2 aromatic carbocycles. The number of halogens is 1. The first-order valence-electron chi connectivity index (χ1n) is 8.29. The molecule has 27 heavy (non-hydrogen) atoms. The summed E-state index contributed by atoms with van der Waals surface area (Å²) in [6.45, 7) is 0.00601. The first kappa shape index (κ1) is 18.6. The molecule has 0 aliphatic rings. The van der Waals surface area contributed by atoms with Gasteiger partial charge in [0.15, 0.2) is 0 Å². The molecule has 0 aliphatic heterocycles. The maximum atomic E-state index is 13.3. The molecule has 0 saturated carbocycles. The molecule has 2 N–H and O–H groups in total. The van der Waals surface area contributed by atoms with Crippen molar-refractivity contribution in [2.75, 3.05) is 20.7 Å². The Bertz CT molecular complexity index is 1030. The number of likely N-dealkylation sites (N-methyl/N-ethyl adjacent to an activating group) is 1. The van der Waals surface area contributed by atoms with E-state index in [9.17, 15) is 19.1 Å². The van der Waals surface area contributed by atoms with Gasteiger partial charge in [0.1, 0.15) is 17.1 Å². The highest BCUT2D eigenvalue weighted by Crippen LogP contribution is 2.19. The number of H-pyrrole nitrogens is 1. The fourth-order valence-electron chi connectivity index (χ4n) is 2.81. The summed E-state index contributed by atoms with van der Waals surface area (Å²) in [7, 11) is 3.05. The van der Waals surface area contributed by atoms with Crippen molar-refractivity contribution in [1.29, 1.82) is 0 Å². The largest absolute Gasteiger partial charge is 0.497 e. The summed E-state index contributed by atoms with van der Waals surface area (Å²) >= 11 is 0. The topological polar surface area (TPSA) is 82.6 Å². The number of hydrogen-bond donors (Lipinski definition) is 2. The van der Waals surface area contributed by atoms with E-state index in [1.54, 1.807) is 31.4 Å². The molecule has 0 aliphatic carbocycles. The molecule has 0 radical (unpaired) electrons. The Labute approximate surface area is 154 Å². The van der Waals surface area contributed by atoms with Crippen molar-refractivity contribution in [2.24, 2.45) is 0 Å². The molecule has 1 heterocycles. The second-order valence-corrected chi connectivity index (χ2v) is 6.22. The van der Waals surface area contributed by atoms with Crippen LogP contribution in [0.1, 0.15) is 22.0 Å². The molecule has 6 nitrogen and oxygen atoms in total. The van der Waals surface area contributed by atoms with Crippen LogP contribution in [0.15, 0.2) is 53.3 Å². The molecule has 3 rings (SSSR count). The van der Waals surface area contributed by atoms with Crippen LogP contribution >= 0.6 is 0 Å². The zero-order valence-corrected chi connectivity index (χ0v) is 14.9. The molecule has 0 spiro atoms. The number of aliphatic hydroxyl groups is 1. The van der Waals surface area contributed by atoms with Crippen LogP contribution in [0.3, 0.4) is 0 Å². The van der Waals surface area contributed by atoms with Crippen LogP contribution in [0.25, 0.3) is 10.9 Å². The summed E-state index contributed by atoms with van der Waals surface area (Å²) in [6, 6.07) is 12.2. The van der Waals surface area contributed by atoms with E-state index in [0.717, 1.165) is 0 Å². The number of ether oxygens (including phenoxy) is 1. The summed E-state index contributed by atoms with van der Waals surface area (Å²) in [5, 5.41) is 10.9. The van der Waals surface area contributed by atoms with Crippen molar-refractivity contribution in [2.45, 2.75) is 6.10 Å². The minimum Gasteiger partial charge on any atom is -0.497 e. The molecule has 1 amide bonds. The molecule has 0 bridgehead atoms. The van der Waals surface area contributed by atoms with E-state index in [4.69, 9.17) is 4.74 Å². The Morgan fingerprint density at radius 3 is 2.59 bits per heavy atom. The highest BCUT2D eigenvalue weighted by Gasteiger charge is 2.20. The number of nitrogens with zero attached hydrogens (tertiary/aromatic N) is 1. The molecular weight excluding hydrogens is 351 g/mol. The number of aliphatic hydroxyl groups excluding tert-OH is 1. The number of fused-ring (bicyclic) bond motifs is 1. The lowest BCUT2D eigenvalue weighted by Crippen LogP contribution is -2.34. The number of methoxy groups -OCH3 is 1. The van der Waals surface area contributed by atoms with Crippen molar-refractivity contribution >= 4 is 16.8 Å². The van der Waals surface area contributed by atoms with E-state index >= 15 is 0 Å². The van der Waals surface area contributed by atoms with Crippen molar-refractivity contribution < 1.29 is 19.0 Å². The fraction of sp³-hybridized carbons (Fsp3) is 0.200. The van der Waals surface area contributed by atoms with E-state index < -0.39 is 23.4 Å². The summed E-state index contributed by atoms with van der Waals surface area (Å²) in [4.78, 5) is 28.6. The Morgan fingerprint density at radius 2 is 1.93 bits per heavy atom. The average Bonchev–Trinajstić information content (AvgIpc) is 2.66. The van der Waals surface area contributed by atoms with Gasteiger partial charge in [-0.05, 0) is 47.3 Å². The molecule has 3 aromatic rings. The number of nitrogens with one attached hydrogen (secondary N) is 1. The summed E-state index contributed by atoms with van der Waals surface area (Å²) in [5.74, 6) is -0.346. The molecule has 1 unspecified atom stereocenters. The third kappa shape index (κ3) is 3.98. The van der Waals surface area contributed by atoms with Gasteiger partial charge in [-0.15, -0.1) is 0 Å². The van der Waals surface area contributed by atoms with Gasteiger partial charge < -0.3 is 19.7 Å². The molecule has 1 aromatic heterocycles. The second-order valence-electron chi connectivity index (χ2n) is 6.22. The highest BCUT2D eigenvalue weighted by molar-refractivity contribution is 5.97. The van der Waals surface area contributed by atoms with Crippen LogP contribution in [0.2, 0.25) is 0 Å². The molecule has 0 saturated heterocycles. The standard InChI is InChI=1S/C20H19FN2O4/c1-23(11-18(24)12-4-7-15(27-2)8-5-12)20(26)16-9-13-3-6-14(21)10-17(13)22-19(16)25/h3-10,18,24H,11H2,1-2H3,(H,22,25). The lowest BCUT2D eigenvalue weighted by molar-refractivity contribution is 0.0679. The molecule has 140 valence electrons. The number of rotatable bonds is 5. The number of pyridine rings is 1. The van der Waals surface area contributed by atoms with Gasteiger partial charge in [0.2, 0.25) is 0 Å². The van der Waals surface area contributed by atoms with Crippen LogP contribution in [-0.4, -0.2) is 41.6 Å². The smallest absolute Gasteiger partial charge is 0.261 e. The maximum absolute atomic E-state index is 13.3. The molecule has 7 heteroatoms. The maximum Gasteiger partial charge on any atom is 0.261 e. The SMILES string of the molecule is COc1ccc(C(O)CN(C)C(=O)c2cc3ccc(F)cc3[nH]c2=O)cc1. The lowest BCUT2D eigenvalue weighted by atomic mass is 10.1. The normalized spacial score (nSPS) is 12.0. The van der Waals surface area contributed by atoms with E-state index in [0.29, 0.717) is 22.2 Å². The van der Waals surface area contributed by atoms with E-state index in [1.165, 1.54) is 36.2 Å². The van der Waals surface area contributed by atoms with Gasteiger partial charge >= 0.3 is 0 Å². The number of aromatic nitrogens is 1. The Hall–Kier alpha value is -3.19. The zero-order chi connectivity index (χ0) is 19.6. The van der Waals surface area contributed by atoms with Gasteiger partial charge in [-0.3, -0.25) is 9.59 Å². The summed E-state index contributed by atoms with van der Waals surface area (Å²) in [6.07, 6.45) is -0.918. The van der Waals surface area contributed by atoms with Gasteiger partial charge in [0.05, 0.1) is 25.3 Å². The van der Waals surface area contributed by atoms with Crippen LogP contribution < -0.4 is 10.3 Å². The predicted octanol–water partition coefficient (Wildman–Crippen LogP) is 2.48. The van der Waals surface area contributed by atoms with Crippen LogP contribution in [0.5, 0.6) is 5.75 Å². The number of benzene rings is 2. The summed E-state index contributed by atoms with van der Waals surface area (Å²) < 4.78 is 18.3. The minimum atomic E-state index is -0.918. The summed E-state index contributed by atoms with van der Waals surface area (Å²) in [5.41, 5.74) is 0.262. The zero-order valence-electron chi connectivity index (χ0n) is 14.9. The Morgan fingerprint density at radius 1 is 1.22 bits per heavy atom. The third-order valence-corrected chi connectivity index (χ3v) is 4.33. The highest BCUT2D eigenvalue weighted by atomic mass is 19.1. The average molecular weight is 370 g/mol. The minimum absolute atomic E-state index is 0.00601. The van der Waals surface area contributed by atoms with Gasteiger partial charge in [-0.25, -0.2) is 4.39 Å². The van der Waals surface area contributed by atoms with Crippen LogP contribution in [-0.2, 0) is 0 Å². The Kier molecular flexibility index (Phi) is 5.23. The third-order valence-electron chi connectivity index (χ3n) is 4.33. The quantitative estimate of drug-likeness (QED) is 0.723. The van der Waals surface area contributed by atoms with Gasteiger partial charge in [0.25, 0.3) is 11.5 Å². The fourth-order valence-corrected chi connectivity index (χ4v) is 2.81.